The first kappa shape index (κ1) is 23.0. The lowest BCUT2D eigenvalue weighted by Gasteiger charge is -1.99. The maximum Gasteiger partial charge on any atom is 0.237 e. The van der Waals surface area contributed by atoms with Gasteiger partial charge in [-0.25, -0.2) is 10.4 Å². The van der Waals surface area contributed by atoms with Crippen LogP contribution in [0.5, 0.6) is 0 Å². The molecule has 0 radical (unpaired) electrons. The number of nitrogens with one attached hydrogen (secondary N) is 1. The van der Waals surface area contributed by atoms with E-state index < -0.39 is 0 Å². The van der Waals surface area contributed by atoms with Crippen molar-refractivity contribution in [2.24, 2.45) is 10.8 Å². The monoisotopic (exact) mass is 385 g/mol. The Balaban J connectivity index is 0.00000190. The molecule has 0 saturated carbocycles. The van der Waals surface area contributed by atoms with Crippen LogP contribution in [0.3, 0.4) is 0 Å². The molecule has 0 atom stereocenters. The van der Waals surface area contributed by atoms with Gasteiger partial charge in [-0.15, -0.1) is 0 Å². The number of hydrazone groups is 1. The molecule has 152 valence electrons. The fraction of sp³-hybridized carbons (Fsp3) is 0.381. The van der Waals surface area contributed by atoms with Gasteiger partial charge in [-0.05, 0) is 30.7 Å². The van der Waals surface area contributed by atoms with Crippen LogP contribution in [-0.4, -0.2) is 21.3 Å². The fourth-order valence-corrected chi connectivity index (χ4v) is 2.34. The van der Waals surface area contributed by atoms with Gasteiger partial charge in [0.05, 0.1) is 6.54 Å². The number of amidine groups is 1. The Kier molecular flexibility index (Phi) is 10.1. The molecule has 7 nitrogen and oxygen atoms in total. The van der Waals surface area contributed by atoms with E-state index in [-0.39, 0.29) is 11.7 Å². The van der Waals surface area contributed by atoms with Crippen molar-refractivity contribution in [3.63, 3.8) is 0 Å². The van der Waals surface area contributed by atoms with Crippen LogP contribution < -0.4 is 21.7 Å². The van der Waals surface area contributed by atoms with E-state index in [4.69, 9.17) is 10.2 Å². The van der Waals surface area contributed by atoms with Crippen molar-refractivity contribution in [2.75, 3.05) is 0 Å². The Morgan fingerprint density at radius 3 is 2.82 bits per heavy atom. The van der Waals surface area contributed by atoms with Crippen LogP contribution in [0.25, 0.3) is 12.2 Å². The number of unbranched alkanes of at least 4 members (excludes halogenated alkanes) is 1. The molecular weight excluding hydrogens is 354 g/mol. The minimum absolute atomic E-state index is 0.0968. The topological polar surface area (TPSA) is 98.4 Å². The van der Waals surface area contributed by atoms with Crippen molar-refractivity contribution in [1.29, 1.82) is 0 Å². The Bertz CT molecular complexity index is 919. The molecule has 28 heavy (non-hydrogen) atoms. The summed E-state index contributed by atoms with van der Waals surface area (Å²) in [7, 11) is 0. The lowest BCUT2D eigenvalue weighted by molar-refractivity contribution is -0.118. The SMILES string of the molecule is C/C=c1/ccn(Cc2nc(/C(N)=N/NC(C)=O)co2)/c1=C/C=C\CCC.CC. The maximum atomic E-state index is 10.9. The molecule has 0 aliphatic rings. The van der Waals surface area contributed by atoms with Crippen molar-refractivity contribution in [3.05, 3.63) is 52.8 Å². The zero-order valence-corrected chi connectivity index (χ0v) is 17.4. The van der Waals surface area contributed by atoms with Gasteiger partial charge < -0.3 is 14.7 Å². The van der Waals surface area contributed by atoms with Gasteiger partial charge in [0.25, 0.3) is 0 Å². The Hall–Kier alpha value is -3.09. The number of nitrogens with two attached hydrogens (primary N) is 1. The van der Waals surface area contributed by atoms with E-state index in [1.807, 2.05) is 27.0 Å². The highest BCUT2D eigenvalue weighted by Crippen LogP contribution is 2.03. The van der Waals surface area contributed by atoms with Crippen molar-refractivity contribution in [3.8, 4) is 0 Å². The Morgan fingerprint density at radius 2 is 2.18 bits per heavy atom. The van der Waals surface area contributed by atoms with Crippen molar-refractivity contribution in [2.45, 2.75) is 54.0 Å². The quantitative estimate of drug-likeness (QED) is 0.434. The summed E-state index contributed by atoms with van der Waals surface area (Å²) in [6.45, 7) is 9.98. The predicted octanol–water partition coefficient (Wildman–Crippen LogP) is 2.24. The van der Waals surface area contributed by atoms with E-state index in [9.17, 15) is 4.79 Å². The zero-order chi connectivity index (χ0) is 20.9. The number of allylic oxidation sites excluding steroid dienone is 2. The predicted molar refractivity (Wildman–Crippen MR) is 114 cm³/mol. The molecule has 0 saturated heterocycles. The molecule has 7 heteroatoms. The average molecular weight is 386 g/mol. The van der Waals surface area contributed by atoms with Crippen LogP contribution >= 0.6 is 0 Å². The summed E-state index contributed by atoms with van der Waals surface area (Å²) in [5.74, 6) is 0.301. The average Bonchev–Trinajstić information content (AvgIpc) is 3.32. The van der Waals surface area contributed by atoms with Crippen molar-refractivity contribution in [1.82, 2.24) is 15.0 Å². The third-order valence-corrected chi connectivity index (χ3v) is 3.65. The van der Waals surface area contributed by atoms with Crippen molar-refractivity contribution >= 4 is 23.9 Å². The normalized spacial score (nSPS) is 13.0. The summed E-state index contributed by atoms with van der Waals surface area (Å²) in [6, 6.07) is 2.05. The summed E-state index contributed by atoms with van der Waals surface area (Å²) < 4.78 is 7.55. The van der Waals surface area contributed by atoms with Gasteiger partial charge in [0, 0.05) is 18.5 Å². The smallest absolute Gasteiger partial charge is 0.237 e. The zero-order valence-electron chi connectivity index (χ0n) is 17.4. The maximum absolute atomic E-state index is 10.9. The lowest BCUT2D eigenvalue weighted by Crippen LogP contribution is -2.29. The van der Waals surface area contributed by atoms with E-state index >= 15 is 0 Å². The molecule has 2 aromatic heterocycles. The number of nitrogens with zero attached hydrogens (tertiary/aromatic N) is 3. The molecule has 0 unspecified atom stereocenters. The molecule has 1 amide bonds. The van der Waals surface area contributed by atoms with Crippen LogP contribution in [0.2, 0.25) is 0 Å². The summed E-state index contributed by atoms with van der Waals surface area (Å²) in [5, 5.41) is 5.98. The molecule has 0 fully saturated rings. The molecule has 0 aliphatic heterocycles. The van der Waals surface area contributed by atoms with E-state index in [1.54, 1.807) is 0 Å². The molecule has 0 aromatic carbocycles. The number of carbonyl (C=O) groups is 1. The molecular formula is C21H31N5O2. The first-order chi connectivity index (χ1) is 13.5. The first-order valence-corrected chi connectivity index (χ1v) is 9.58. The second-order valence-corrected chi connectivity index (χ2v) is 5.75. The van der Waals surface area contributed by atoms with Gasteiger partial charge in [-0.1, -0.05) is 45.4 Å². The first-order valence-electron chi connectivity index (χ1n) is 9.58. The van der Waals surface area contributed by atoms with E-state index in [0.29, 0.717) is 18.1 Å². The van der Waals surface area contributed by atoms with Crippen LogP contribution in [0.1, 0.15) is 59.0 Å². The minimum atomic E-state index is -0.302. The van der Waals surface area contributed by atoms with Gasteiger partial charge in [-0.3, -0.25) is 4.79 Å². The third kappa shape index (κ3) is 6.90. The highest BCUT2D eigenvalue weighted by Gasteiger charge is 2.09. The van der Waals surface area contributed by atoms with Gasteiger partial charge in [0.2, 0.25) is 11.8 Å². The molecule has 2 heterocycles. The molecule has 0 spiro atoms. The van der Waals surface area contributed by atoms with E-state index in [0.717, 1.165) is 23.4 Å². The summed E-state index contributed by atoms with van der Waals surface area (Å²) in [5.41, 5.74) is 8.45. The number of hydrogen-bond donors (Lipinski definition) is 2. The molecule has 0 bridgehead atoms. The van der Waals surface area contributed by atoms with Crippen molar-refractivity contribution < 1.29 is 9.21 Å². The number of hydrogen-bond acceptors (Lipinski definition) is 4. The van der Waals surface area contributed by atoms with Crippen LogP contribution in [0, 0.1) is 0 Å². The molecule has 2 aromatic rings. The van der Waals surface area contributed by atoms with Gasteiger partial charge in [0.15, 0.2) is 5.84 Å². The number of aromatic nitrogens is 2. The fourth-order valence-electron chi connectivity index (χ4n) is 2.34. The lowest BCUT2D eigenvalue weighted by atomic mass is 10.3. The molecule has 3 N–H and O–H groups in total. The van der Waals surface area contributed by atoms with Crippen LogP contribution in [-0.2, 0) is 11.3 Å². The molecule has 2 rings (SSSR count). The summed E-state index contributed by atoms with van der Waals surface area (Å²) in [6.07, 6.45) is 14.0. The number of rotatable bonds is 7. The number of carbonyl (C=O) groups excluding carboxylic acids is 1. The summed E-state index contributed by atoms with van der Waals surface area (Å²) >= 11 is 0. The Labute approximate surface area is 166 Å². The van der Waals surface area contributed by atoms with E-state index in [1.165, 1.54) is 13.2 Å². The highest BCUT2D eigenvalue weighted by molar-refractivity contribution is 5.95. The standard InChI is InChI=1S/C19H25N5O2.C2H6/c1-4-6-7-8-9-17-15(5-2)10-11-24(17)12-18-21-16(13-26-18)19(20)23-22-14(3)25;1-2/h5,7-11,13H,4,6,12H2,1-3H3,(H2,20,23)(H,22,25);1-2H3/b8-7-,15-5-,17-9+;. The Morgan fingerprint density at radius 1 is 1.43 bits per heavy atom. The second-order valence-electron chi connectivity index (χ2n) is 5.75. The molecule has 0 aliphatic carbocycles. The third-order valence-electron chi connectivity index (χ3n) is 3.65. The van der Waals surface area contributed by atoms with Gasteiger partial charge >= 0.3 is 0 Å². The minimum Gasteiger partial charge on any atom is -0.446 e. The van der Waals surface area contributed by atoms with Gasteiger partial charge in [-0.2, -0.15) is 5.10 Å². The van der Waals surface area contributed by atoms with Crippen LogP contribution in [0.15, 0.2) is 40.2 Å². The van der Waals surface area contributed by atoms with Crippen LogP contribution in [0.4, 0.5) is 0 Å². The summed E-state index contributed by atoms with van der Waals surface area (Å²) in [4.78, 5) is 15.2. The largest absolute Gasteiger partial charge is 0.446 e. The second kappa shape index (κ2) is 12.3. The number of amides is 1. The van der Waals surface area contributed by atoms with E-state index in [2.05, 4.69) is 57.4 Å². The highest BCUT2D eigenvalue weighted by atomic mass is 16.3. The number of oxazole rings is 1. The van der Waals surface area contributed by atoms with Gasteiger partial charge in [0.1, 0.15) is 12.0 Å².